The third kappa shape index (κ3) is 6.84. The van der Waals surface area contributed by atoms with Crippen molar-refractivity contribution in [2.75, 3.05) is 0 Å². The summed E-state index contributed by atoms with van der Waals surface area (Å²) in [6, 6.07) is 5.78. The lowest BCUT2D eigenvalue weighted by molar-refractivity contribution is -0.198. The summed E-state index contributed by atoms with van der Waals surface area (Å²) in [5.74, 6) is -1.90. The number of ether oxygens (including phenoxy) is 2. The van der Waals surface area contributed by atoms with Crippen molar-refractivity contribution < 1.29 is 37.1 Å². The van der Waals surface area contributed by atoms with E-state index < -0.39 is 32.5 Å². The van der Waals surface area contributed by atoms with Crippen LogP contribution in [0.25, 0.3) is 0 Å². The van der Waals surface area contributed by atoms with Gasteiger partial charge in [0, 0.05) is 39.7 Å². The van der Waals surface area contributed by atoms with E-state index in [1.165, 1.54) is 20.8 Å². The Labute approximate surface area is 178 Å². The van der Waals surface area contributed by atoms with Crippen LogP contribution < -0.4 is 4.74 Å². The number of benzene rings is 1. The van der Waals surface area contributed by atoms with E-state index in [2.05, 4.69) is 6.92 Å². The fourth-order valence-electron chi connectivity index (χ4n) is 3.28. The summed E-state index contributed by atoms with van der Waals surface area (Å²) in [6.45, 7) is 8.02. The van der Waals surface area contributed by atoms with Crippen molar-refractivity contribution in [2.24, 2.45) is 0 Å². The molecule has 0 radical (unpaired) electrons. The summed E-state index contributed by atoms with van der Waals surface area (Å²) in [4.78, 5) is 34.7. The molecular weight excluding hydrogens is 408 g/mol. The molecule has 0 bridgehead atoms. The van der Waals surface area contributed by atoms with Crippen molar-refractivity contribution >= 4 is 26.7 Å². The lowest BCUT2D eigenvalue weighted by Crippen LogP contribution is -2.49. The Morgan fingerprint density at radius 1 is 1.07 bits per heavy atom. The van der Waals surface area contributed by atoms with Gasteiger partial charge in [0.1, 0.15) is 5.75 Å². The van der Waals surface area contributed by atoms with Gasteiger partial charge in [-0.15, -0.1) is 0 Å². The second kappa shape index (κ2) is 10.1. The zero-order valence-electron chi connectivity index (χ0n) is 18.2. The molecule has 1 heterocycles. The maximum Gasteiger partial charge on any atom is 0.705 e. The first-order valence-corrected chi connectivity index (χ1v) is 12.0. The van der Waals surface area contributed by atoms with Crippen molar-refractivity contribution in [3.8, 4) is 5.75 Å². The molecule has 1 aromatic rings. The molecule has 0 amide bonds. The number of aryl methyl sites for hydroxylation is 1. The second-order valence-electron chi connectivity index (χ2n) is 7.53. The second-order valence-corrected chi connectivity index (χ2v) is 10.0. The Bertz CT molecular complexity index is 752. The van der Waals surface area contributed by atoms with Crippen molar-refractivity contribution in [1.82, 2.24) is 0 Å². The molecule has 9 heteroatoms. The zero-order valence-corrected chi connectivity index (χ0v) is 19.2. The Balaban J connectivity index is 2.15. The molecule has 0 saturated carbocycles. The molecule has 166 valence electrons. The van der Waals surface area contributed by atoms with Crippen LogP contribution in [-0.2, 0) is 45.4 Å². The van der Waals surface area contributed by atoms with Crippen LogP contribution in [0.4, 0.5) is 0 Å². The molecule has 30 heavy (non-hydrogen) atoms. The quantitative estimate of drug-likeness (QED) is 0.539. The van der Waals surface area contributed by atoms with Crippen LogP contribution >= 0.6 is 0 Å². The van der Waals surface area contributed by atoms with Gasteiger partial charge < -0.3 is 22.8 Å². The number of hydrogen-bond acceptors (Lipinski definition) is 8. The smallest absolute Gasteiger partial charge is 0.462 e. The Morgan fingerprint density at radius 2 is 1.67 bits per heavy atom. The molecule has 1 atom stereocenters. The first-order valence-electron chi connectivity index (χ1n) is 10.1. The highest BCUT2D eigenvalue weighted by molar-refractivity contribution is 6.65. The molecule has 0 aliphatic carbocycles. The predicted molar refractivity (Wildman–Crippen MR) is 109 cm³/mol. The van der Waals surface area contributed by atoms with E-state index in [1.807, 2.05) is 25.1 Å². The highest BCUT2D eigenvalue weighted by atomic mass is 28.4. The van der Waals surface area contributed by atoms with E-state index in [0.29, 0.717) is 13.0 Å². The van der Waals surface area contributed by atoms with Gasteiger partial charge in [-0.3, -0.25) is 14.4 Å². The van der Waals surface area contributed by atoms with Crippen LogP contribution in [0.3, 0.4) is 0 Å². The third-order valence-corrected chi connectivity index (χ3v) is 7.24. The first-order chi connectivity index (χ1) is 14.1. The van der Waals surface area contributed by atoms with Gasteiger partial charge in [0.2, 0.25) is 5.79 Å². The topological polar surface area (TPSA) is 97.4 Å². The minimum absolute atomic E-state index is 0.0838. The monoisotopic (exact) mass is 438 g/mol. The van der Waals surface area contributed by atoms with Gasteiger partial charge in [-0.1, -0.05) is 19.4 Å². The molecule has 0 N–H and O–H groups in total. The van der Waals surface area contributed by atoms with Crippen molar-refractivity contribution in [3.05, 3.63) is 29.3 Å². The van der Waals surface area contributed by atoms with Gasteiger partial charge in [-0.2, -0.15) is 0 Å². The predicted octanol–water partition coefficient (Wildman–Crippen LogP) is 3.67. The molecule has 0 spiro atoms. The molecule has 8 nitrogen and oxygen atoms in total. The van der Waals surface area contributed by atoms with Crippen LogP contribution in [0.1, 0.15) is 65.0 Å². The van der Waals surface area contributed by atoms with Crippen LogP contribution in [0, 0.1) is 0 Å². The SMILES string of the molecule is CCCCC1(C)OCc2cc(CC[Si](OC(C)=O)(OC(C)=O)OC(C)=O)ccc2O1. The molecule has 2 rings (SSSR count). The van der Waals surface area contributed by atoms with Gasteiger partial charge in [0.05, 0.1) is 12.7 Å². The number of unbranched alkanes of at least 4 members (excludes halogenated alkanes) is 1. The summed E-state index contributed by atoms with van der Waals surface area (Å²) in [6.07, 6.45) is 3.26. The molecule has 1 aliphatic rings. The first kappa shape index (κ1) is 23.9. The zero-order chi connectivity index (χ0) is 22.4. The maximum atomic E-state index is 11.6. The summed E-state index contributed by atoms with van der Waals surface area (Å²) in [7, 11) is -3.85. The van der Waals surface area contributed by atoms with Gasteiger partial charge in [-0.05, 0) is 30.5 Å². The molecular formula is C21H30O8Si. The highest BCUT2D eigenvalue weighted by Crippen LogP contribution is 2.35. The van der Waals surface area contributed by atoms with E-state index in [0.717, 1.165) is 36.1 Å². The number of carbonyl (C=O) groups is 3. The van der Waals surface area contributed by atoms with E-state index in [9.17, 15) is 14.4 Å². The van der Waals surface area contributed by atoms with E-state index >= 15 is 0 Å². The molecule has 1 aromatic carbocycles. The van der Waals surface area contributed by atoms with Crippen LogP contribution in [0.15, 0.2) is 18.2 Å². The van der Waals surface area contributed by atoms with E-state index in [-0.39, 0.29) is 6.04 Å². The Morgan fingerprint density at radius 3 is 2.20 bits per heavy atom. The van der Waals surface area contributed by atoms with Gasteiger partial charge in [0.25, 0.3) is 17.9 Å². The minimum Gasteiger partial charge on any atom is -0.462 e. The minimum atomic E-state index is -3.85. The number of hydrogen-bond donors (Lipinski definition) is 0. The van der Waals surface area contributed by atoms with E-state index in [4.69, 9.17) is 22.8 Å². The van der Waals surface area contributed by atoms with Crippen LogP contribution in [-0.4, -0.2) is 32.5 Å². The van der Waals surface area contributed by atoms with Crippen molar-refractivity contribution in [1.29, 1.82) is 0 Å². The van der Waals surface area contributed by atoms with Crippen molar-refractivity contribution in [2.45, 2.75) is 78.7 Å². The Kier molecular flexibility index (Phi) is 8.02. The number of carbonyl (C=O) groups excluding carboxylic acids is 3. The molecule has 1 aliphatic heterocycles. The number of fused-ring (bicyclic) bond motifs is 1. The summed E-state index contributed by atoms with van der Waals surface area (Å²) in [5, 5.41) is 0. The summed E-state index contributed by atoms with van der Waals surface area (Å²) < 4.78 is 27.7. The highest BCUT2D eigenvalue weighted by Gasteiger charge is 2.51. The summed E-state index contributed by atoms with van der Waals surface area (Å²) >= 11 is 0. The van der Waals surface area contributed by atoms with Crippen LogP contribution in [0.5, 0.6) is 5.75 Å². The fraction of sp³-hybridized carbons (Fsp3) is 0.571. The third-order valence-electron chi connectivity index (χ3n) is 4.59. The summed E-state index contributed by atoms with van der Waals surface area (Å²) in [5.41, 5.74) is 1.79. The lowest BCUT2D eigenvalue weighted by Gasteiger charge is -2.36. The van der Waals surface area contributed by atoms with Crippen LogP contribution in [0.2, 0.25) is 6.04 Å². The molecule has 0 fully saturated rings. The number of rotatable bonds is 9. The molecule has 1 unspecified atom stereocenters. The van der Waals surface area contributed by atoms with E-state index in [1.54, 1.807) is 0 Å². The maximum absolute atomic E-state index is 11.6. The average molecular weight is 439 g/mol. The lowest BCUT2D eigenvalue weighted by atomic mass is 10.0. The molecule has 0 saturated heterocycles. The molecule has 0 aromatic heterocycles. The average Bonchev–Trinajstić information content (AvgIpc) is 2.63. The Hall–Kier alpha value is -2.39. The largest absolute Gasteiger partial charge is 0.705 e. The fourth-order valence-corrected chi connectivity index (χ4v) is 5.62. The van der Waals surface area contributed by atoms with Gasteiger partial charge >= 0.3 is 8.80 Å². The van der Waals surface area contributed by atoms with Gasteiger partial charge in [0.15, 0.2) is 0 Å². The van der Waals surface area contributed by atoms with Crippen molar-refractivity contribution in [3.63, 3.8) is 0 Å². The standard InChI is InChI=1S/C21H30O8Si/c1-6-7-11-21(5)25-14-19-13-18(8-9-20(19)26-21)10-12-30(27-15(2)22,28-16(3)23)29-17(4)24/h8-9,13H,6-7,10-12,14H2,1-5H3. The normalized spacial score (nSPS) is 18.0. The van der Waals surface area contributed by atoms with Gasteiger partial charge in [-0.25, -0.2) is 0 Å².